The van der Waals surface area contributed by atoms with Crippen LogP contribution in [0.25, 0.3) is 33.5 Å². The van der Waals surface area contributed by atoms with Gasteiger partial charge in [0, 0.05) is 47.2 Å². The number of benzene rings is 2. The lowest BCUT2D eigenvalue weighted by molar-refractivity contribution is -0.772. The number of hydrogen-bond acceptors (Lipinski definition) is 1. The van der Waals surface area contributed by atoms with Crippen molar-refractivity contribution < 1.29 is 13.6 Å². The topological polar surface area (TPSA) is 20.9 Å². The predicted octanol–water partition coefficient (Wildman–Crippen LogP) is 5.94. The van der Waals surface area contributed by atoms with Crippen molar-refractivity contribution in [2.45, 2.75) is 50.1 Å². The number of hydrogen-bond donors (Lipinski definition) is 0. The molecule has 0 N–H and O–H groups in total. The largest absolute Gasteiger partial charge is 0.460 e. The van der Waals surface area contributed by atoms with Crippen molar-refractivity contribution in [1.82, 2.24) is 0 Å². The molecule has 0 amide bonds. The average Bonchev–Trinajstić information content (AvgIpc) is 3.33. The second kappa shape index (κ2) is 6.09. The minimum absolute atomic E-state index is 0.132. The summed E-state index contributed by atoms with van der Waals surface area (Å²) in [5, 5.41) is 1.33. The summed E-state index contributed by atoms with van der Waals surface area (Å²) in [5.41, 5.74) is 11.9. The van der Waals surface area contributed by atoms with Crippen molar-refractivity contribution in [3.05, 3.63) is 107 Å². The van der Waals surface area contributed by atoms with E-state index in [9.17, 15) is 0 Å². The molecule has 9 rings (SSSR count). The first kappa shape index (κ1) is 18.6. The van der Waals surface area contributed by atoms with Crippen LogP contribution >= 0.6 is 0 Å². The molecule has 5 heterocycles. The van der Waals surface area contributed by atoms with E-state index in [-0.39, 0.29) is 5.54 Å². The summed E-state index contributed by atoms with van der Waals surface area (Å²) in [6.45, 7) is 2.21. The number of aromatic nitrogens is 2. The SMILES string of the molecule is Cc1cc[n+]2c(c1)-c1c(ccc3c4c(oc13)CCCC4)C21C2c3ccccc3-c3cccc[n+]3C21. The lowest BCUT2D eigenvalue weighted by atomic mass is 9.91. The van der Waals surface area contributed by atoms with Crippen molar-refractivity contribution in [1.29, 1.82) is 0 Å². The van der Waals surface area contributed by atoms with Gasteiger partial charge < -0.3 is 4.42 Å². The first-order valence-electron chi connectivity index (χ1n) is 13.0. The maximum Gasteiger partial charge on any atom is 0.269 e. The smallest absolute Gasteiger partial charge is 0.269 e. The number of aryl methyl sites for hydroxylation is 3. The van der Waals surface area contributed by atoms with Crippen molar-refractivity contribution in [3.63, 3.8) is 0 Å². The molecule has 2 aliphatic carbocycles. The van der Waals surface area contributed by atoms with Gasteiger partial charge in [0.15, 0.2) is 12.4 Å². The Hall–Kier alpha value is -3.72. The second-order valence-corrected chi connectivity index (χ2v) is 10.9. The van der Waals surface area contributed by atoms with Crippen LogP contribution in [0, 0.1) is 6.92 Å². The molecule has 3 atom stereocenters. The highest BCUT2D eigenvalue weighted by atomic mass is 16.3. The molecule has 5 aromatic rings. The van der Waals surface area contributed by atoms with Gasteiger partial charge in [-0.1, -0.05) is 30.3 Å². The van der Waals surface area contributed by atoms with Crippen LogP contribution in [0.1, 0.15) is 52.8 Å². The molecule has 4 aliphatic rings. The fourth-order valence-corrected chi connectivity index (χ4v) is 7.85. The Kier molecular flexibility index (Phi) is 3.24. The highest BCUT2D eigenvalue weighted by Gasteiger charge is 2.86. The van der Waals surface area contributed by atoms with Gasteiger partial charge in [-0.2, -0.15) is 9.13 Å². The van der Waals surface area contributed by atoms with E-state index >= 15 is 0 Å². The summed E-state index contributed by atoms with van der Waals surface area (Å²) in [6, 6.07) is 25.5. The molecule has 0 saturated heterocycles. The van der Waals surface area contributed by atoms with Crippen molar-refractivity contribution >= 4 is 11.0 Å². The molecule has 3 unspecified atom stereocenters. The first-order valence-corrected chi connectivity index (χ1v) is 13.0. The zero-order chi connectivity index (χ0) is 22.9. The maximum absolute atomic E-state index is 6.72. The Bertz CT molecular complexity index is 1690. The normalized spacial score (nSPS) is 24.4. The van der Waals surface area contributed by atoms with Crippen LogP contribution in [0.4, 0.5) is 0 Å². The molecule has 1 fully saturated rings. The molecule has 1 saturated carbocycles. The molecular weight excluding hydrogens is 428 g/mol. The highest BCUT2D eigenvalue weighted by molar-refractivity contribution is 5.97. The number of rotatable bonds is 0. The number of pyridine rings is 2. The third-order valence-electron chi connectivity index (χ3n) is 9.22. The molecule has 1 spiro atoms. The number of fused-ring (bicyclic) bond motifs is 17. The van der Waals surface area contributed by atoms with Gasteiger partial charge in [0.2, 0.25) is 17.4 Å². The summed E-state index contributed by atoms with van der Waals surface area (Å²) >= 11 is 0. The van der Waals surface area contributed by atoms with Gasteiger partial charge in [0.05, 0.1) is 11.1 Å². The van der Waals surface area contributed by atoms with Crippen LogP contribution in [0.15, 0.2) is 83.5 Å². The summed E-state index contributed by atoms with van der Waals surface area (Å²) < 4.78 is 11.9. The fourth-order valence-electron chi connectivity index (χ4n) is 7.85. The van der Waals surface area contributed by atoms with Crippen LogP contribution < -0.4 is 9.13 Å². The van der Waals surface area contributed by atoms with Crippen molar-refractivity contribution in [2.75, 3.05) is 0 Å². The zero-order valence-electron chi connectivity index (χ0n) is 19.8. The summed E-state index contributed by atoms with van der Waals surface area (Å²) in [4.78, 5) is 0. The van der Waals surface area contributed by atoms with Gasteiger partial charge in [0.1, 0.15) is 17.3 Å². The highest BCUT2D eigenvalue weighted by Crippen LogP contribution is 2.70. The molecular formula is C32H26N2O+2. The van der Waals surface area contributed by atoms with Gasteiger partial charge >= 0.3 is 0 Å². The minimum Gasteiger partial charge on any atom is -0.460 e. The third-order valence-corrected chi connectivity index (χ3v) is 9.22. The molecule has 2 aliphatic heterocycles. The lowest BCUT2D eigenvalue weighted by Gasteiger charge is -2.11. The molecule has 35 heavy (non-hydrogen) atoms. The van der Waals surface area contributed by atoms with Crippen LogP contribution in [0.3, 0.4) is 0 Å². The Morgan fingerprint density at radius 3 is 2.74 bits per heavy atom. The molecule has 0 bridgehead atoms. The Morgan fingerprint density at radius 2 is 1.77 bits per heavy atom. The Labute approximate surface area is 204 Å². The van der Waals surface area contributed by atoms with E-state index in [0.717, 1.165) is 18.4 Å². The van der Waals surface area contributed by atoms with E-state index in [1.807, 2.05) is 0 Å². The van der Waals surface area contributed by atoms with E-state index < -0.39 is 0 Å². The van der Waals surface area contributed by atoms with Crippen molar-refractivity contribution in [2.24, 2.45) is 0 Å². The average molecular weight is 455 g/mol. The maximum atomic E-state index is 6.72. The number of nitrogens with zero attached hydrogens (tertiary/aromatic N) is 2. The van der Waals surface area contributed by atoms with Gasteiger partial charge in [-0.05, 0) is 49.4 Å². The lowest BCUT2D eigenvalue weighted by Crippen LogP contribution is -2.50. The van der Waals surface area contributed by atoms with Gasteiger partial charge in [-0.25, -0.2) is 0 Å². The molecule has 3 aromatic heterocycles. The Balaban J connectivity index is 1.41. The van der Waals surface area contributed by atoms with Crippen LogP contribution in [-0.4, -0.2) is 0 Å². The summed E-state index contributed by atoms with van der Waals surface area (Å²) in [7, 11) is 0. The van der Waals surface area contributed by atoms with Crippen LogP contribution in [0.5, 0.6) is 0 Å². The van der Waals surface area contributed by atoms with E-state index in [4.69, 9.17) is 4.42 Å². The van der Waals surface area contributed by atoms with Gasteiger partial charge in [0.25, 0.3) is 5.54 Å². The number of furan rings is 1. The third kappa shape index (κ3) is 2.03. The quantitative estimate of drug-likeness (QED) is 0.265. The van der Waals surface area contributed by atoms with E-state index in [1.165, 1.54) is 68.8 Å². The molecule has 168 valence electrons. The predicted molar refractivity (Wildman–Crippen MR) is 134 cm³/mol. The van der Waals surface area contributed by atoms with E-state index in [2.05, 4.69) is 95.2 Å². The van der Waals surface area contributed by atoms with Crippen LogP contribution in [-0.2, 0) is 18.4 Å². The summed E-state index contributed by atoms with van der Waals surface area (Å²) in [6.07, 6.45) is 9.33. The first-order chi connectivity index (χ1) is 17.3. The molecule has 0 radical (unpaired) electrons. The minimum atomic E-state index is -0.132. The fraction of sp³-hybridized carbons (Fsp3) is 0.250. The van der Waals surface area contributed by atoms with E-state index in [1.54, 1.807) is 0 Å². The van der Waals surface area contributed by atoms with Crippen LogP contribution in [0.2, 0.25) is 0 Å². The summed E-state index contributed by atoms with van der Waals surface area (Å²) in [5.74, 6) is 1.62. The molecule has 3 nitrogen and oxygen atoms in total. The zero-order valence-corrected chi connectivity index (χ0v) is 19.8. The molecule has 3 heteroatoms. The monoisotopic (exact) mass is 454 g/mol. The standard InChI is InChI=1S/C32H26N2O/c1-19-15-17-34-26(18-19)28-24(14-13-23-21-9-4-5-12-27(21)35-30(23)28)32(34)29-22-10-3-2-8-20(22)25-11-6-7-16-33(25)31(29)32/h2-3,6-8,10-11,13-18,29,31H,4-5,9,12H2,1H3/q+2. The van der Waals surface area contributed by atoms with Gasteiger partial charge in [-0.3, -0.25) is 0 Å². The van der Waals surface area contributed by atoms with Crippen molar-refractivity contribution in [3.8, 4) is 22.5 Å². The molecule has 2 aromatic carbocycles. The van der Waals surface area contributed by atoms with Gasteiger partial charge in [-0.15, -0.1) is 0 Å². The van der Waals surface area contributed by atoms with E-state index in [0.29, 0.717) is 12.0 Å². The second-order valence-electron chi connectivity index (χ2n) is 10.9. The Morgan fingerprint density at radius 1 is 0.886 bits per heavy atom.